The maximum atomic E-state index is 11.9. The van der Waals surface area contributed by atoms with E-state index >= 15 is 0 Å². The minimum absolute atomic E-state index is 0.572. The Hall–Kier alpha value is -0.290. The van der Waals surface area contributed by atoms with Crippen LogP contribution in [0, 0.1) is 0 Å². The van der Waals surface area contributed by atoms with E-state index in [2.05, 4.69) is 16.3 Å². The highest BCUT2D eigenvalue weighted by Crippen LogP contribution is 2.34. The van der Waals surface area contributed by atoms with Gasteiger partial charge >= 0.3 is 6.18 Å². The van der Waals surface area contributed by atoms with Gasteiger partial charge in [-0.25, -0.2) is 0 Å². The van der Waals surface area contributed by atoms with Crippen molar-refractivity contribution in [1.29, 1.82) is 0 Å². The van der Waals surface area contributed by atoms with E-state index in [0.29, 0.717) is 6.92 Å². The molecule has 0 aliphatic heterocycles. The molecule has 0 fully saturated rings. The van der Waals surface area contributed by atoms with Gasteiger partial charge in [0, 0.05) is 7.11 Å². The van der Waals surface area contributed by atoms with Crippen molar-refractivity contribution in [2.24, 2.45) is 0 Å². The van der Waals surface area contributed by atoms with Crippen LogP contribution in [0.15, 0.2) is 0 Å². The third-order valence-corrected chi connectivity index (χ3v) is 1.68. The Kier molecular flexibility index (Phi) is 2.91. The second-order valence-corrected chi connectivity index (χ2v) is 2.35. The number of hydrogen-bond donors (Lipinski definition) is 0. The summed E-state index contributed by atoms with van der Waals surface area (Å²) in [4.78, 5) is 10.3. The Bertz CT molecular complexity index is 168. The summed E-state index contributed by atoms with van der Waals surface area (Å²) in [7, 11) is 0.772. The average Bonchev–Trinajstić information content (AvgIpc) is 1.83. The topological polar surface area (TPSA) is 26.3 Å². The van der Waals surface area contributed by atoms with E-state index in [-0.39, 0.29) is 0 Å². The summed E-state index contributed by atoms with van der Waals surface area (Å²) in [6.07, 6.45) is -4.78. The first-order chi connectivity index (χ1) is 4.75. The summed E-state index contributed by atoms with van der Waals surface area (Å²) in [5.74, 6) is 0. The minimum atomic E-state index is -4.78. The number of carbonyl (C=O) groups excluding carboxylic acids is 1. The van der Waals surface area contributed by atoms with Crippen molar-refractivity contribution in [3.63, 3.8) is 0 Å². The summed E-state index contributed by atoms with van der Waals surface area (Å²) >= 11 is 4.69. The highest BCUT2D eigenvalue weighted by atomic mass is 35.5. The molecule has 0 aliphatic carbocycles. The molecule has 0 aromatic carbocycles. The fourth-order valence-corrected chi connectivity index (χ4v) is 0.492. The molecule has 6 heteroatoms. The van der Waals surface area contributed by atoms with E-state index in [1.165, 1.54) is 0 Å². The van der Waals surface area contributed by atoms with E-state index in [1.807, 2.05) is 0 Å². The Morgan fingerprint density at radius 2 is 1.82 bits per heavy atom. The van der Waals surface area contributed by atoms with Gasteiger partial charge in [-0.2, -0.15) is 13.2 Å². The molecule has 0 saturated heterocycles. The molecule has 0 rings (SSSR count). The van der Waals surface area contributed by atoms with Gasteiger partial charge in [-0.1, -0.05) is 0 Å². The fraction of sp³-hybridized carbons (Fsp3) is 0.800. The molecule has 0 bridgehead atoms. The zero-order valence-electron chi connectivity index (χ0n) is 5.83. The molecule has 66 valence electrons. The Labute approximate surface area is 66.3 Å². The summed E-state index contributed by atoms with van der Waals surface area (Å²) in [6, 6.07) is 0. The van der Waals surface area contributed by atoms with Crippen molar-refractivity contribution < 1.29 is 22.7 Å². The SMILES string of the molecule is COC(C)(C(=O)Cl)C(F)(F)F. The highest BCUT2D eigenvalue weighted by molar-refractivity contribution is 6.65. The Morgan fingerprint density at radius 3 is 1.82 bits per heavy atom. The van der Waals surface area contributed by atoms with Crippen molar-refractivity contribution in [1.82, 2.24) is 0 Å². The fourth-order valence-electron chi connectivity index (χ4n) is 0.307. The predicted molar refractivity (Wildman–Crippen MR) is 32.3 cm³/mol. The number of halogens is 4. The summed E-state index contributed by atoms with van der Waals surface area (Å²) < 4.78 is 39.7. The van der Waals surface area contributed by atoms with Crippen LogP contribution in [0.1, 0.15) is 6.92 Å². The molecular weight excluding hydrogens is 184 g/mol. The molecule has 2 nitrogen and oxygen atoms in total. The molecular formula is C5H6ClF3O2. The van der Waals surface area contributed by atoms with Crippen molar-refractivity contribution in [3.05, 3.63) is 0 Å². The largest absolute Gasteiger partial charge is 0.425 e. The highest BCUT2D eigenvalue weighted by Gasteiger charge is 2.56. The van der Waals surface area contributed by atoms with Crippen LogP contribution in [0.5, 0.6) is 0 Å². The van der Waals surface area contributed by atoms with Crippen LogP contribution in [0.4, 0.5) is 13.2 Å². The van der Waals surface area contributed by atoms with Crippen LogP contribution in [0.25, 0.3) is 0 Å². The van der Waals surface area contributed by atoms with E-state index in [4.69, 9.17) is 0 Å². The maximum absolute atomic E-state index is 11.9. The van der Waals surface area contributed by atoms with Crippen molar-refractivity contribution in [3.8, 4) is 0 Å². The van der Waals surface area contributed by atoms with Crippen LogP contribution in [-0.2, 0) is 9.53 Å². The number of methoxy groups -OCH3 is 1. The lowest BCUT2D eigenvalue weighted by Crippen LogP contribution is -2.49. The van der Waals surface area contributed by atoms with E-state index in [1.54, 1.807) is 0 Å². The second kappa shape index (κ2) is 2.98. The summed E-state index contributed by atoms with van der Waals surface area (Å²) in [5.41, 5.74) is -2.89. The zero-order chi connectivity index (χ0) is 9.28. The van der Waals surface area contributed by atoms with E-state index in [9.17, 15) is 18.0 Å². The van der Waals surface area contributed by atoms with E-state index < -0.39 is 17.0 Å². The van der Waals surface area contributed by atoms with E-state index in [0.717, 1.165) is 7.11 Å². The molecule has 1 atom stereocenters. The Balaban J connectivity index is 4.75. The monoisotopic (exact) mass is 190 g/mol. The molecule has 0 radical (unpaired) electrons. The lowest BCUT2D eigenvalue weighted by atomic mass is 10.1. The molecule has 0 spiro atoms. The van der Waals surface area contributed by atoms with Gasteiger partial charge in [0.25, 0.3) is 5.24 Å². The predicted octanol–water partition coefficient (Wildman–Crippen LogP) is 1.72. The van der Waals surface area contributed by atoms with Gasteiger partial charge in [-0.15, -0.1) is 0 Å². The van der Waals surface area contributed by atoms with Gasteiger partial charge in [0.05, 0.1) is 0 Å². The van der Waals surface area contributed by atoms with Crippen LogP contribution < -0.4 is 0 Å². The smallest absolute Gasteiger partial charge is 0.361 e. The number of rotatable bonds is 2. The average molecular weight is 191 g/mol. The molecule has 0 N–H and O–H groups in total. The third kappa shape index (κ3) is 1.84. The minimum Gasteiger partial charge on any atom is -0.361 e. The van der Waals surface area contributed by atoms with Gasteiger partial charge in [0.2, 0.25) is 5.60 Å². The Morgan fingerprint density at radius 1 is 1.45 bits per heavy atom. The number of carbonyl (C=O) groups is 1. The summed E-state index contributed by atoms with van der Waals surface area (Å²) in [6.45, 7) is 0.572. The van der Waals surface area contributed by atoms with Crippen LogP contribution in [0.3, 0.4) is 0 Å². The summed E-state index contributed by atoms with van der Waals surface area (Å²) in [5, 5.41) is -1.58. The third-order valence-electron chi connectivity index (χ3n) is 1.32. The molecule has 11 heavy (non-hydrogen) atoms. The van der Waals surface area contributed by atoms with Crippen molar-refractivity contribution in [2.45, 2.75) is 18.7 Å². The first kappa shape index (κ1) is 10.7. The molecule has 0 aliphatic rings. The molecule has 1 unspecified atom stereocenters. The quantitative estimate of drug-likeness (QED) is 0.620. The standard InChI is InChI=1S/C5H6ClF3O2/c1-4(11-2,3(6)10)5(7,8)9/h1-2H3. The molecule has 0 aromatic heterocycles. The van der Waals surface area contributed by atoms with Crippen LogP contribution in [-0.4, -0.2) is 24.1 Å². The van der Waals surface area contributed by atoms with Gasteiger partial charge in [0.15, 0.2) is 0 Å². The number of ether oxygens (including phenoxy) is 1. The van der Waals surface area contributed by atoms with Gasteiger partial charge in [-0.05, 0) is 18.5 Å². The number of alkyl halides is 3. The lowest BCUT2D eigenvalue weighted by Gasteiger charge is -2.25. The van der Waals surface area contributed by atoms with Gasteiger partial charge < -0.3 is 4.74 Å². The zero-order valence-corrected chi connectivity index (χ0v) is 6.58. The molecule has 0 amide bonds. The van der Waals surface area contributed by atoms with Crippen molar-refractivity contribution in [2.75, 3.05) is 7.11 Å². The first-order valence-corrected chi connectivity index (χ1v) is 2.95. The van der Waals surface area contributed by atoms with Crippen LogP contribution in [0.2, 0.25) is 0 Å². The normalized spacial score (nSPS) is 17.6. The lowest BCUT2D eigenvalue weighted by molar-refractivity contribution is -0.248. The maximum Gasteiger partial charge on any atom is 0.425 e. The number of hydrogen-bond acceptors (Lipinski definition) is 2. The molecule has 0 saturated carbocycles. The van der Waals surface area contributed by atoms with Gasteiger partial charge in [-0.3, -0.25) is 4.79 Å². The molecule has 0 aromatic rings. The first-order valence-electron chi connectivity index (χ1n) is 2.57. The van der Waals surface area contributed by atoms with Gasteiger partial charge in [0.1, 0.15) is 0 Å². The van der Waals surface area contributed by atoms with Crippen molar-refractivity contribution >= 4 is 16.8 Å². The molecule has 0 heterocycles. The second-order valence-electron chi connectivity index (χ2n) is 2.01. The van der Waals surface area contributed by atoms with Crippen LogP contribution >= 0.6 is 11.6 Å².